The number of hydrogen-bond acceptors (Lipinski definition) is 5. The van der Waals surface area contributed by atoms with E-state index in [2.05, 4.69) is 22.4 Å². The van der Waals surface area contributed by atoms with Gasteiger partial charge in [-0.1, -0.05) is 35.5 Å². The third-order valence-corrected chi connectivity index (χ3v) is 4.41. The van der Waals surface area contributed by atoms with Crippen LogP contribution >= 0.6 is 11.3 Å². The van der Waals surface area contributed by atoms with Gasteiger partial charge in [-0.15, -0.1) is 11.3 Å². The fourth-order valence-electron chi connectivity index (χ4n) is 2.10. The van der Waals surface area contributed by atoms with Gasteiger partial charge in [0.2, 0.25) is 0 Å². The van der Waals surface area contributed by atoms with Crippen LogP contribution in [0.15, 0.2) is 41.7 Å². The van der Waals surface area contributed by atoms with Crippen molar-refractivity contribution >= 4 is 17.2 Å². The van der Waals surface area contributed by atoms with Gasteiger partial charge in [-0.2, -0.15) is 0 Å². The van der Waals surface area contributed by atoms with Crippen LogP contribution in [0.25, 0.3) is 0 Å². The molecule has 0 amide bonds. The third kappa shape index (κ3) is 4.03. The summed E-state index contributed by atoms with van der Waals surface area (Å²) in [5, 5.41) is 16.6. The van der Waals surface area contributed by atoms with Gasteiger partial charge in [-0.25, -0.2) is 4.98 Å². The Kier molecular flexibility index (Phi) is 5.30. The topological polar surface area (TPSA) is 83.5 Å². The SMILES string of the molecule is Cc1cnc(C(C)NCC(/C(N)=N/O)c2ccccc2)s1. The molecule has 5 nitrogen and oxygen atoms in total. The lowest BCUT2D eigenvalue weighted by Gasteiger charge is -2.19. The fraction of sp³-hybridized carbons (Fsp3) is 0.333. The van der Waals surface area contributed by atoms with Crippen molar-refractivity contribution in [1.29, 1.82) is 0 Å². The molecule has 0 saturated carbocycles. The van der Waals surface area contributed by atoms with Gasteiger partial charge in [0.1, 0.15) is 10.8 Å². The predicted octanol–water partition coefficient (Wildman–Crippen LogP) is 2.63. The fourth-order valence-corrected chi connectivity index (χ4v) is 2.90. The summed E-state index contributed by atoms with van der Waals surface area (Å²) in [6, 6.07) is 9.91. The molecule has 0 spiro atoms. The van der Waals surface area contributed by atoms with Crippen LogP contribution in [0.4, 0.5) is 0 Å². The molecule has 0 saturated heterocycles. The van der Waals surface area contributed by atoms with Gasteiger partial charge < -0.3 is 16.3 Å². The summed E-state index contributed by atoms with van der Waals surface area (Å²) in [6.45, 7) is 4.68. The number of benzene rings is 1. The summed E-state index contributed by atoms with van der Waals surface area (Å²) < 4.78 is 0. The van der Waals surface area contributed by atoms with E-state index in [1.165, 1.54) is 4.88 Å². The second-order valence-electron chi connectivity index (χ2n) is 4.93. The number of oxime groups is 1. The van der Waals surface area contributed by atoms with Crippen LogP contribution in [0, 0.1) is 6.92 Å². The van der Waals surface area contributed by atoms with Gasteiger partial charge in [-0.05, 0) is 19.4 Å². The first kappa shape index (κ1) is 15.5. The number of thiazole rings is 1. The number of hydrogen-bond donors (Lipinski definition) is 3. The van der Waals surface area contributed by atoms with E-state index in [0.29, 0.717) is 6.54 Å². The van der Waals surface area contributed by atoms with E-state index in [-0.39, 0.29) is 17.8 Å². The molecule has 0 aliphatic carbocycles. The average molecular weight is 304 g/mol. The Labute approximate surface area is 128 Å². The Hall–Kier alpha value is -1.92. The lowest BCUT2D eigenvalue weighted by molar-refractivity contribution is 0.315. The molecule has 1 aromatic carbocycles. The molecule has 21 heavy (non-hydrogen) atoms. The van der Waals surface area contributed by atoms with Crippen LogP contribution in [0.3, 0.4) is 0 Å². The minimum absolute atomic E-state index is 0.126. The quantitative estimate of drug-likeness (QED) is 0.331. The smallest absolute Gasteiger partial charge is 0.147 e. The highest BCUT2D eigenvalue weighted by Crippen LogP contribution is 2.21. The number of aromatic nitrogens is 1. The van der Waals surface area contributed by atoms with E-state index in [1.807, 2.05) is 43.5 Å². The summed E-state index contributed by atoms with van der Waals surface area (Å²) >= 11 is 1.67. The number of aryl methyl sites for hydroxylation is 1. The zero-order chi connectivity index (χ0) is 15.2. The molecular formula is C15H20N4OS. The van der Waals surface area contributed by atoms with E-state index in [1.54, 1.807) is 11.3 Å². The van der Waals surface area contributed by atoms with Crippen LogP contribution < -0.4 is 11.1 Å². The molecule has 0 bridgehead atoms. The number of amidine groups is 1. The molecule has 1 aromatic heterocycles. The largest absolute Gasteiger partial charge is 0.409 e. The van der Waals surface area contributed by atoms with E-state index in [4.69, 9.17) is 10.9 Å². The van der Waals surface area contributed by atoms with Crippen molar-refractivity contribution < 1.29 is 5.21 Å². The highest BCUT2D eigenvalue weighted by atomic mass is 32.1. The highest BCUT2D eigenvalue weighted by molar-refractivity contribution is 7.11. The molecule has 6 heteroatoms. The zero-order valence-electron chi connectivity index (χ0n) is 12.2. The molecule has 2 aromatic rings. The molecule has 1 heterocycles. The molecule has 2 rings (SSSR count). The van der Waals surface area contributed by atoms with Gasteiger partial charge in [-0.3, -0.25) is 0 Å². The minimum atomic E-state index is -0.167. The molecule has 112 valence electrons. The van der Waals surface area contributed by atoms with Gasteiger partial charge in [0.25, 0.3) is 0 Å². The molecule has 0 radical (unpaired) electrons. The standard InChI is InChI=1S/C15H20N4OS/c1-10-8-18-15(21-10)11(2)17-9-13(14(16)19-20)12-6-4-3-5-7-12/h3-8,11,13,17,20H,9H2,1-2H3,(H2,16,19). The maximum atomic E-state index is 8.98. The van der Waals surface area contributed by atoms with Crippen LogP contribution in [-0.4, -0.2) is 22.6 Å². The van der Waals surface area contributed by atoms with E-state index < -0.39 is 0 Å². The summed E-state index contributed by atoms with van der Waals surface area (Å²) in [4.78, 5) is 5.57. The van der Waals surface area contributed by atoms with Crippen molar-refractivity contribution in [2.45, 2.75) is 25.8 Å². The molecule has 2 unspecified atom stereocenters. The molecule has 0 fully saturated rings. The van der Waals surface area contributed by atoms with Crippen molar-refractivity contribution in [1.82, 2.24) is 10.3 Å². The van der Waals surface area contributed by atoms with Crippen molar-refractivity contribution in [3.8, 4) is 0 Å². The first-order valence-corrected chi connectivity index (χ1v) is 7.61. The molecular weight excluding hydrogens is 284 g/mol. The minimum Gasteiger partial charge on any atom is -0.409 e. The highest BCUT2D eigenvalue weighted by Gasteiger charge is 2.18. The van der Waals surface area contributed by atoms with E-state index >= 15 is 0 Å². The monoisotopic (exact) mass is 304 g/mol. The summed E-state index contributed by atoms with van der Waals surface area (Å²) in [7, 11) is 0. The van der Waals surface area contributed by atoms with Crippen molar-refractivity contribution in [3.63, 3.8) is 0 Å². The normalized spacial score (nSPS) is 14.9. The average Bonchev–Trinajstić information content (AvgIpc) is 2.94. The molecule has 2 atom stereocenters. The first-order valence-electron chi connectivity index (χ1n) is 6.80. The zero-order valence-corrected chi connectivity index (χ0v) is 13.0. The molecule has 4 N–H and O–H groups in total. The number of rotatable bonds is 6. The molecule has 0 aliphatic rings. The summed E-state index contributed by atoms with van der Waals surface area (Å²) in [5.74, 6) is 0.0379. The van der Waals surface area contributed by atoms with Gasteiger partial charge in [0.15, 0.2) is 0 Å². The van der Waals surface area contributed by atoms with Crippen LogP contribution in [-0.2, 0) is 0 Å². The predicted molar refractivity (Wildman–Crippen MR) is 85.9 cm³/mol. The van der Waals surface area contributed by atoms with Crippen LogP contribution in [0.5, 0.6) is 0 Å². The lowest BCUT2D eigenvalue weighted by atomic mass is 9.98. The Morgan fingerprint density at radius 3 is 2.71 bits per heavy atom. The maximum absolute atomic E-state index is 8.98. The van der Waals surface area contributed by atoms with E-state index in [9.17, 15) is 0 Å². The Balaban J connectivity index is 2.06. The van der Waals surface area contributed by atoms with Crippen molar-refractivity contribution in [2.24, 2.45) is 10.9 Å². The van der Waals surface area contributed by atoms with Crippen molar-refractivity contribution in [3.05, 3.63) is 52.0 Å². The Morgan fingerprint density at radius 1 is 1.43 bits per heavy atom. The first-order chi connectivity index (χ1) is 10.1. The van der Waals surface area contributed by atoms with E-state index in [0.717, 1.165) is 10.6 Å². The lowest BCUT2D eigenvalue weighted by Crippen LogP contribution is -2.32. The van der Waals surface area contributed by atoms with Gasteiger partial charge >= 0.3 is 0 Å². The maximum Gasteiger partial charge on any atom is 0.147 e. The number of nitrogens with zero attached hydrogens (tertiary/aromatic N) is 2. The van der Waals surface area contributed by atoms with Crippen LogP contribution in [0.1, 0.15) is 34.3 Å². The van der Waals surface area contributed by atoms with Crippen molar-refractivity contribution in [2.75, 3.05) is 6.54 Å². The Morgan fingerprint density at radius 2 is 2.14 bits per heavy atom. The second kappa shape index (κ2) is 7.19. The second-order valence-corrected chi connectivity index (χ2v) is 6.19. The van der Waals surface area contributed by atoms with Gasteiger partial charge in [0.05, 0.1) is 12.0 Å². The number of nitrogens with one attached hydrogen (secondary N) is 1. The summed E-state index contributed by atoms with van der Waals surface area (Å²) in [6.07, 6.45) is 1.87. The molecule has 0 aliphatic heterocycles. The summed E-state index contributed by atoms with van der Waals surface area (Å²) in [5.41, 5.74) is 6.84. The van der Waals surface area contributed by atoms with Gasteiger partial charge in [0, 0.05) is 17.6 Å². The number of nitrogens with two attached hydrogens (primary N) is 1. The van der Waals surface area contributed by atoms with Crippen LogP contribution in [0.2, 0.25) is 0 Å². The third-order valence-electron chi connectivity index (χ3n) is 3.31. The Bertz CT molecular complexity index is 597.